The molecule has 1 atom stereocenters. The maximum absolute atomic E-state index is 11.6. The van der Waals surface area contributed by atoms with Crippen LogP contribution in [0.15, 0.2) is 54.7 Å². The number of amides is 1. The minimum absolute atomic E-state index is 0.218. The Morgan fingerprint density at radius 3 is 2.19 bits per heavy atom. The first-order chi connectivity index (χ1) is 12.2. The summed E-state index contributed by atoms with van der Waals surface area (Å²) in [6.07, 6.45) is 1.15. The molecule has 0 aliphatic rings. The Morgan fingerprint density at radius 1 is 1.15 bits per heavy atom. The third kappa shape index (κ3) is 9.27. The minimum Gasteiger partial charge on any atom is -0.480 e. The lowest BCUT2D eigenvalue weighted by Gasteiger charge is -2.22. The van der Waals surface area contributed by atoms with Gasteiger partial charge in [0, 0.05) is 12.6 Å². The van der Waals surface area contributed by atoms with E-state index in [1.807, 2.05) is 42.5 Å². The lowest BCUT2D eigenvalue weighted by molar-refractivity contribution is -0.139. The molecule has 26 heavy (non-hydrogen) atoms. The van der Waals surface area contributed by atoms with Gasteiger partial charge in [-0.25, -0.2) is 14.6 Å². The molecule has 140 valence electrons. The van der Waals surface area contributed by atoms with E-state index in [1.165, 1.54) is 0 Å². The van der Waals surface area contributed by atoms with Crippen molar-refractivity contribution in [2.24, 2.45) is 0 Å². The lowest BCUT2D eigenvalue weighted by atomic mass is 10.1. The molecule has 0 unspecified atom stereocenters. The van der Waals surface area contributed by atoms with E-state index in [1.54, 1.807) is 33.0 Å². The van der Waals surface area contributed by atoms with Gasteiger partial charge in [-0.3, -0.25) is 0 Å². The van der Waals surface area contributed by atoms with E-state index in [4.69, 9.17) is 15.6 Å². The molecular weight excluding hydrogens is 334 g/mol. The highest BCUT2D eigenvalue weighted by atomic mass is 16.6. The van der Waals surface area contributed by atoms with Crippen LogP contribution < -0.4 is 11.1 Å². The molecule has 7 heteroatoms. The maximum atomic E-state index is 11.6. The molecule has 2 aromatic rings. The number of carboxylic acid groups (broad SMARTS) is 1. The van der Waals surface area contributed by atoms with Crippen LogP contribution in [0, 0.1) is 0 Å². The summed E-state index contributed by atoms with van der Waals surface area (Å²) in [5.41, 5.74) is 5.43. The number of nitrogens with one attached hydrogen (secondary N) is 1. The average Bonchev–Trinajstić information content (AvgIpc) is 2.54. The average molecular weight is 359 g/mol. The molecule has 0 aliphatic carbocycles. The predicted molar refractivity (Wildman–Crippen MR) is 99.6 cm³/mol. The highest BCUT2D eigenvalue weighted by Crippen LogP contribution is 2.08. The number of ether oxygens (including phenoxy) is 1. The minimum atomic E-state index is -1.09. The number of pyridine rings is 1. The van der Waals surface area contributed by atoms with Gasteiger partial charge < -0.3 is 20.9 Å². The van der Waals surface area contributed by atoms with Crippen molar-refractivity contribution in [1.29, 1.82) is 0 Å². The van der Waals surface area contributed by atoms with Gasteiger partial charge in [-0.05, 0) is 38.5 Å². The predicted octanol–water partition coefficient (Wildman–Crippen LogP) is 2.87. The van der Waals surface area contributed by atoms with Crippen molar-refractivity contribution in [2.75, 3.05) is 5.73 Å². The Labute approximate surface area is 153 Å². The number of nitrogens with two attached hydrogens (primary N) is 1. The Morgan fingerprint density at radius 2 is 1.77 bits per heavy atom. The van der Waals surface area contributed by atoms with Gasteiger partial charge in [0.2, 0.25) is 0 Å². The van der Waals surface area contributed by atoms with Crippen molar-refractivity contribution in [3.8, 4) is 0 Å². The molecule has 0 bridgehead atoms. The van der Waals surface area contributed by atoms with Crippen LogP contribution in [0.1, 0.15) is 26.3 Å². The third-order valence-electron chi connectivity index (χ3n) is 2.96. The molecule has 4 N–H and O–H groups in total. The molecule has 0 saturated carbocycles. The molecule has 7 nitrogen and oxygen atoms in total. The summed E-state index contributed by atoms with van der Waals surface area (Å²) in [5.74, 6) is -0.516. The number of aliphatic carboxylic acids is 1. The van der Waals surface area contributed by atoms with Crippen LogP contribution in [0.2, 0.25) is 0 Å². The number of carbonyl (C=O) groups is 2. The van der Waals surface area contributed by atoms with Gasteiger partial charge in [0.1, 0.15) is 17.5 Å². The molecule has 0 aliphatic heterocycles. The summed E-state index contributed by atoms with van der Waals surface area (Å²) in [5, 5.41) is 11.5. The van der Waals surface area contributed by atoms with Crippen molar-refractivity contribution in [2.45, 2.75) is 38.8 Å². The smallest absolute Gasteiger partial charge is 0.408 e. The zero-order valence-corrected chi connectivity index (χ0v) is 15.2. The SMILES string of the molecule is CC(C)(C)OC(=O)N[C@@H](Cc1ccccc1)C(=O)O.Nc1ccccn1. The number of carboxylic acids is 1. The van der Waals surface area contributed by atoms with E-state index in [9.17, 15) is 9.59 Å². The Bertz CT molecular complexity index is 685. The summed E-state index contributed by atoms with van der Waals surface area (Å²) in [7, 11) is 0. The molecule has 0 spiro atoms. The van der Waals surface area contributed by atoms with Crippen molar-refractivity contribution in [1.82, 2.24) is 10.3 Å². The molecule has 0 radical (unpaired) electrons. The van der Waals surface area contributed by atoms with Gasteiger partial charge in [0.25, 0.3) is 0 Å². The van der Waals surface area contributed by atoms with E-state index in [-0.39, 0.29) is 6.42 Å². The van der Waals surface area contributed by atoms with Crippen molar-refractivity contribution in [3.05, 3.63) is 60.3 Å². The van der Waals surface area contributed by atoms with Gasteiger partial charge in [-0.1, -0.05) is 36.4 Å². The topological polar surface area (TPSA) is 115 Å². The molecule has 0 fully saturated rings. The largest absolute Gasteiger partial charge is 0.480 e. The van der Waals surface area contributed by atoms with E-state index >= 15 is 0 Å². The Kier molecular flexibility index (Phi) is 8.08. The summed E-state index contributed by atoms with van der Waals surface area (Å²) >= 11 is 0. The zero-order chi connectivity index (χ0) is 19.6. The fourth-order valence-electron chi connectivity index (χ4n) is 1.88. The number of anilines is 1. The van der Waals surface area contributed by atoms with Crippen LogP contribution in [0.5, 0.6) is 0 Å². The molecule has 1 aromatic carbocycles. The lowest BCUT2D eigenvalue weighted by Crippen LogP contribution is -2.44. The van der Waals surface area contributed by atoms with Crippen molar-refractivity contribution >= 4 is 17.9 Å². The van der Waals surface area contributed by atoms with Gasteiger partial charge in [-0.15, -0.1) is 0 Å². The van der Waals surface area contributed by atoms with E-state index in [2.05, 4.69) is 10.3 Å². The summed E-state index contributed by atoms with van der Waals surface area (Å²) in [6.45, 7) is 5.17. The number of benzene rings is 1. The summed E-state index contributed by atoms with van der Waals surface area (Å²) in [4.78, 5) is 26.5. The van der Waals surface area contributed by atoms with E-state index < -0.39 is 23.7 Å². The van der Waals surface area contributed by atoms with Crippen LogP contribution in [0.25, 0.3) is 0 Å². The number of rotatable bonds is 4. The molecule has 2 rings (SSSR count). The number of nitrogens with zero attached hydrogens (tertiary/aromatic N) is 1. The molecule has 1 amide bonds. The molecule has 1 heterocycles. The van der Waals surface area contributed by atoms with E-state index in [0.29, 0.717) is 5.82 Å². The second-order valence-electron chi connectivity index (χ2n) is 6.48. The van der Waals surface area contributed by atoms with Crippen LogP contribution in [-0.2, 0) is 16.0 Å². The van der Waals surface area contributed by atoms with Gasteiger partial charge in [0.15, 0.2) is 0 Å². The number of carbonyl (C=O) groups excluding carboxylic acids is 1. The van der Waals surface area contributed by atoms with Gasteiger partial charge >= 0.3 is 12.1 Å². The molecular formula is C19H25N3O4. The number of nitrogen functional groups attached to an aromatic ring is 1. The zero-order valence-electron chi connectivity index (χ0n) is 15.2. The second-order valence-corrected chi connectivity index (χ2v) is 6.48. The standard InChI is InChI=1S/C14H19NO4.C5H6N2/c1-14(2,3)19-13(18)15-11(12(16)17)9-10-7-5-4-6-8-10;6-5-3-1-2-4-7-5/h4-8,11H,9H2,1-3H3,(H,15,18)(H,16,17);1-4H,(H2,6,7)/t11-;/m0./s1. The third-order valence-corrected chi connectivity index (χ3v) is 2.96. The number of aromatic nitrogens is 1. The maximum Gasteiger partial charge on any atom is 0.408 e. The Hall–Kier alpha value is -3.09. The first-order valence-corrected chi connectivity index (χ1v) is 8.10. The van der Waals surface area contributed by atoms with Crippen LogP contribution in [0.4, 0.5) is 10.6 Å². The highest BCUT2D eigenvalue weighted by molar-refractivity contribution is 5.80. The van der Waals surface area contributed by atoms with Gasteiger partial charge in [0.05, 0.1) is 0 Å². The Balaban J connectivity index is 0.000000401. The molecule has 0 saturated heterocycles. The van der Waals surface area contributed by atoms with Crippen molar-refractivity contribution in [3.63, 3.8) is 0 Å². The number of alkyl carbamates (subject to hydrolysis) is 1. The molecule has 1 aromatic heterocycles. The summed E-state index contributed by atoms with van der Waals surface area (Å²) < 4.78 is 5.04. The van der Waals surface area contributed by atoms with Crippen molar-refractivity contribution < 1.29 is 19.4 Å². The van der Waals surface area contributed by atoms with Crippen LogP contribution in [0.3, 0.4) is 0 Å². The fraction of sp³-hybridized carbons (Fsp3) is 0.316. The monoisotopic (exact) mass is 359 g/mol. The van der Waals surface area contributed by atoms with Crippen LogP contribution >= 0.6 is 0 Å². The highest BCUT2D eigenvalue weighted by Gasteiger charge is 2.24. The number of hydrogen-bond acceptors (Lipinski definition) is 5. The quantitative estimate of drug-likeness (QED) is 0.773. The fourth-order valence-corrected chi connectivity index (χ4v) is 1.88. The van der Waals surface area contributed by atoms with E-state index in [0.717, 1.165) is 5.56 Å². The first kappa shape index (κ1) is 21.0. The first-order valence-electron chi connectivity index (χ1n) is 8.10. The normalized spacial score (nSPS) is 11.5. The van der Waals surface area contributed by atoms with Gasteiger partial charge in [-0.2, -0.15) is 0 Å². The van der Waals surface area contributed by atoms with Crippen LogP contribution in [-0.4, -0.2) is 33.8 Å². The number of hydrogen-bond donors (Lipinski definition) is 3. The second kappa shape index (κ2) is 10.0. The summed E-state index contributed by atoms with van der Waals surface area (Å²) in [6, 6.07) is 13.5.